The van der Waals surface area contributed by atoms with E-state index in [0.29, 0.717) is 12.6 Å². The smallest absolute Gasteiger partial charge is 0.383 e. The van der Waals surface area contributed by atoms with Gasteiger partial charge in [0.2, 0.25) is 5.91 Å². The van der Waals surface area contributed by atoms with Gasteiger partial charge in [0.25, 0.3) is 0 Å². The summed E-state index contributed by atoms with van der Waals surface area (Å²) in [6.45, 7) is 1.77. The average molecular weight is 337 g/mol. The maximum atomic E-state index is 12.7. The zero-order chi connectivity index (χ0) is 17.7. The number of carbonyl (C=O) groups excluding carboxylic acids is 1. The lowest BCUT2D eigenvalue weighted by atomic mass is 9.95. The van der Waals surface area contributed by atoms with Gasteiger partial charge >= 0.3 is 6.18 Å². The average Bonchev–Trinajstić information content (AvgIpc) is 2.54. The lowest BCUT2D eigenvalue weighted by Crippen LogP contribution is -2.29. The maximum Gasteiger partial charge on any atom is 0.417 e. The molecule has 1 aromatic carbocycles. The summed E-state index contributed by atoms with van der Waals surface area (Å²) in [6, 6.07) is 10.1. The summed E-state index contributed by atoms with van der Waals surface area (Å²) in [4.78, 5) is 15.9. The summed E-state index contributed by atoms with van der Waals surface area (Å²) in [7, 11) is 0. The van der Waals surface area contributed by atoms with E-state index in [9.17, 15) is 18.0 Å². The zero-order valence-corrected chi connectivity index (χ0v) is 13.1. The third-order valence-electron chi connectivity index (χ3n) is 3.71. The molecule has 0 saturated heterocycles. The van der Waals surface area contributed by atoms with Gasteiger partial charge in [-0.2, -0.15) is 13.2 Å². The van der Waals surface area contributed by atoms with Crippen LogP contribution in [0.15, 0.2) is 42.6 Å². The second-order valence-electron chi connectivity index (χ2n) is 5.36. The van der Waals surface area contributed by atoms with Crippen molar-refractivity contribution in [1.82, 2.24) is 10.3 Å². The molecular weight excluding hydrogens is 319 g/mol. The van der Waals surface area contributed by atoms with E-state index in [2.05, 4.69) is 10.3 Å². The molecule has 4 nitrogen and oxygen atoms in total. The van der Waals surface area contributed by atoms with Crippen molar-refractivity contribution in [2.24, 2.45) is 0 Å². The van der Waals surface area contributed by atoms with Gasteiger partial charge in [-0.1, -0.05) is 37.3 Å². The van der Waals surface area contributed by atoms with Crippen molar-refractivity contribution in [3.8, 4) is 0 Å². The lowest BCUT2D eigenvalue weighted by Gasteiger charge is -2.16. The van der Waals surface area contributed by atoms with E-state index < -0.39 is 11.7 Å². The van der Waals surface area contributed by atoms with Crippen molar-refractivity contribution < 1.29 is 18.0 Å². The molecule has 0 spiro atoms. The third-order valence-corrected chi connectivity index (χ3v) is 3.71. The van der Waals surface area contributed by atoms with Crippen molar-refractivity contribution in [1.29, 1.82) is 0 Å². The fraction of sp³-hybridized carbons (Fsp3) is 0.294. The van der Waals surface area contributed by atoms with Crippen molar-refractivity contribution in [2.45, 2.75) is 32.0 Å². The molecule has 24 heavy (non-hydrogen) atoms. The van der Waals surface area contributed by atoms with Crippen molar-refractivity contribution in [3.63, 3.8) is 0 Å². The first-order valence-corrected chi connectivity index (χ1v) is 7.47. The molecule has 1 aromatic heterocycles. The van der Waals surface area contributed by atoms with Gasteiger partial charge in [0.15, 0.2) is 0 Å². The molecule has 0 aliphatic rings. The van der Waals surface area contributed by atoms with E-state index in [1.807, 2.05) is 37.3 Å². The van der Waals surface area contributed by atoms with E-state index in [4.69, 9.17) is 5.73 Å². The summed E-state index contributed by atoms with van der Waals surface area (Å²) in [6.07, 6.45) is -3.25. The molecule has 2 rings (SSSR count). The molecule has 0 aliphatic carbocycles. The number of nitrogens with one attached hydrogen (secondary N) is 1. The minimum absolute atomic E-state index is 0.0314. The normalized spacial score (nSPS) is 12.7. The van der Waals surface area contributed by atoms with Gasteiger partial charge in [-0.15, -0.1) is 0 Å². The first kappa shape index (κ1) is 17.8. The molecule has 1 heterocycles. The molecule has 3 N–H and O–H groups in total. The summed E-state index contributed by atoms with van der Waals surface area (Å²) in [5.41, 5.74) is 5.71. The minimum atomic E-state index is -4.50. The maximum absolute atomic E-state index is 12.7. The van der Waals surface area contributed by atoms with Crippen LogP contribution in [0, 0.1) is 0 Å². The summed E-state index contributed by atoms with van der Waals surface area (Å²) >= 11 is 0. The Morgan fingerprint density at radius 2 is 1.96 bits per heavy atom. The number of amides is 1. The van der Waals surface area contributed by atoms with Gasteiger partial charge in [-0.3, -0.25) is 4.79 Å². The number of benzene rings is 1. The standard InChI is InChI=1S/C17H18F3N3O/c1-2-14(11-6-4-3-5-7-11)16(24)23-9-12-8-13(17(18,19)20)10-22-15(12)21/h3-8,10,14H,2,9H2,1H3,(H2,21,22)(H,23,24). The number of aromatic nitrogens is 1. The molecule has 7 heteroatoms. The van der Waals surface area contributed by atoms with Crippen LogP contribution in [0.5, 0.6) is 0 Å². The molecule has 1 unspecified atom stereocenters. The molecule has 1 atom stereocenters. The Bertz CT molecular complexity index is 702. The largest absolute Gasteiger partial charge is 0.417 e. The van der Waals surface area contributed by atoms with Crippen molar-refractivity contribution in [3.05, 3.63) is 59.3 Å². The fourth-order valence-electron chi connectivity index (χ4n) is 2.38. The van der Waals surface area contributed by atoms with E-state index in [1.165, 1.54) is 0 Å². The van der Waals surface area contributed by atoms with Gasteiger partial charge < -0.3 is 11.1 Å². The highest BCUT2D eigenvalue weighted by molar-refractivity contribution is 5.83. The fourth-order valence-corrected chi connectivity index (χ4v) is 2.38. The van der Waals surface area contributed by atoms with E-state index in [0.717, 1.165) is 11.6 Å². The number of anilines is 1. The van der Waals surface area contributed by atoms with Crippen LogP contribution in [0.4, 0.5) is 19.0 Å². The Kier molecular flexibility index (Phi) is 5.43. The number of alkyl halides is 3. The highest BCUT2D eigenvalue weighted by Crippen LogP contribution is 2.30. The predicted molar refractivity (Wildman–Crippen MR) is 85.0 cm³/mol. The topological polar surface area (TPSA) is 68.0 Å². The number of hydrogen-bond donors (Lipinski definition) is 2. The first-order chi connectivity index (χ1) is 11.3. The van der Waals surface area contributed by atoms with Crippen LogP contribution < -0.4 is 11.1 Å². The molecule has 0 saturated carbocycles. The van der Waals surface area contributed by atoms with Crippen LogP contribution in [-0.4, -0.2) is 10.9 Å². The monoisotopic (exact) mass is 337 g/mol. The van der Waals surface area contributed by atoms with Crippen LogP contribution in [0.1, 0.15) is 36.0 Å². The van der Waals surface area contributed by atoms with Gasteiger partial charge in [-0.05, 0) is 18.1 Å². The van der Waals surface area contributed by atoms with Crippen LogP contribution in [-0.2, 0) is 17.5 Å². The Hall–Kier alpha value is -2.57. The minimum Gasteiger partial charge on any atom is -0.383 e. The number of hydrogen-bond acceptors (Lipinski definition) is 3. The predicted octanol–water partition coefficient (Wildman–Crippen LogP) is 3.49. The van der Waals surface area contributed by atoms with E-state index in [-0.39, 0.29) is 29.8 Å². The molecule has 2 aromatic rings. The Labute approximate surface area is 137 Å². The first-order valence-electron chi connectivity index (χ1n) is 7.47. The molecular formula is C17H18F3N3O. The highest BCUT2D eigenvalue weighted by Gasteiger charge is 2.31. The molecule has 128 valence electrons. The number of pyridine rings is 1. The van der Waals surface area contributed by atoms with Crippen LogP contribution in [0.25, 0.3) is 0 Å². The number of nitrogens with two attached hydrogens (primary N) is 1. The summed E-state index contributed by atoms with van der Waals surface area (Å²) < 4.78 is 38.2. The van der Waals surface area contributed by atoms with Gasteiger partial charge in [0.05, 0.1) is 11.5 Å². The Morgan fingerprint density at radius 1 is 1.29 bits per heavy atom. The second kappa shape index (κ2) is 7.33. The SMILES string of the molecule is CCC(C(=O)NCc1cc(C(F)(F)F)cnc1N)c1ccccc1. The van der Waals surface area contributed by atoms with Gasteiger partial charge in [0.1, 0.15) is 5.82 Å². The highest BCUT2D eigenvalue weighted by atomic mass is 19.4. The molecule has 0 bridgehead atoms. The number of nitrogen functional groups attached to an aromatic ring is 1. The number of halogens is 3. The van der Waals surface area contributed by atoms with Crippen molar-refractivity contribution in [2.75, 3.05) is 5.73 Å². The summed E-state index contributed by atoms with van der Waals surface area (Å²) in [5, 5.41) is 2.64. The van der Waals surface area contributed by atoms with Crippen LogP contribution >= 0.6 is 0 Å². The van der Waals surface area contributed by atoms with E-state index in [1.54, 1.807) is 0 Å². The molecule has 0 fully saturated rings. The number of nitrogens with zero attached hydrogens (tertiary/aromatic N) is 1. The van der Waals surface area contributed by atoms with E-state index >= 15 is 0 Å². The molecule has 0 radical (unpaired) electrons. The zero-order valence-electron chi connectivity index (χ0n) is 13.1. The molecule has 0 aliphatic heterocycles. The van der Waals surface area contributed by atoms with Crippen LogP contribution in [0.3, 0.4) is 0 Å². The third kappa shape index (κ3) is 4.24. The Morgan fingerprint density at radius 3 is 2.54 bits per heavy atom. The number of rotatable bonds is 5. The quantitative estimate of drug-likeness (QED) is 0.877. The van der Waals surface area contributed by atoms with Gasteiger partial charge in [-0.25, -0.2) is 4.98 Å². The number of carbonyl (C=O) groups is 1. The second-order valence-corrected chi connectivity index (χ2v) is 5.36. The van der Waals surface area contributed by atoms with Crippen molar-refractivity contribution >= 4 is 11.7 Å². The molecule has 1 amide bonds. The Balaban J connectivity index is 2.11. The van der Waals surface area contributed by atoms with Gasteiger partial charge in [0, 0.05) is 18.3 Å². The summed E-state index contributed by atoms with van der Waals surface area (Å²) in [5.74, 6) is -0.664. The van der Waals surface area contributed by atoms with Crippen LogP contribution in [0.2, 0.25) is 0 Å². The lowest BCUT2D eigenvalue weighted by molar-refractivity contribution is -0.137.